The summed E-state index contributed by atoms with van der Waals surface area (Å²) < 4.78 is 5.11. The second-order valence-corrected chi connectivity index (χ2v) is 5.61. The van der Waals surface area contributed by atoms with E-state index in [0.717, 1.165) is 11.6 Å². The number of benzene rings is 1. The third-order valence-electron chi connectivity index (χ3n) is 3.85. The number of methoxy groups -OCH3 is 1. The Morgan fingerprint density at radius 1 is 1.17 bits per heavy atom. The molecule has 1 fully saturated rings. The van der Waals surface area contributed by atoms with E-state index in [2.05, 4.69) is 14.9 Å². The summed E-state index contributed by atoms with van der Waals surface area (Å²) in [7, 11) is 1.61. The summed E-state index contributed by atoms with van der Waals surface area (Å²) in [6.45, 7) is 2.65. The summed E-state index contributed by atoms with van der Waals surface area (Å²) in [5.74, 6) is 1.49. The molecule has 7 heteroatoms. The normalized spacial score (nSPS) is 14.7. The lowest BCUT2D eigenvalue weighted by molar-refractivity contribution is 0.0746. The van der Waals surface area contributed by atoms with Crippen molar-refractivity contribution >= 4 is 23.3 Å². The van der Waals surface area contributed by atoms with Crippen LogP contribution in [-0.4, -0.2) is 54.1 Å². The van der Waals surface area contributed by atoms with E-state index in [1.165, 1.54) is 6.33 Å². The third-order valence-corrected chi connectivity index (χ3v) is 4.12. The van der Waals surface area contributed by atoms with Crippen LogP contribution in [0.15, 0.2) is 36.8 Å². The molecule has 2 heterocycles. The lowest BCUT2D eigenvalue weighted by atomic mass is 10.1. The highest BCUT2D eigenvalue weighted by molar-refractivity contribution is 6.32. The highest BCUT2D eigenvalue weighted by Crippen LogP contribution is 2.23. The maximum absolute atomic E-state index is 12.5. The van der Waals surface area contributed by atoms with Crippen molar-refractivity contribution in [1.82, 2.24) is 14.9 Å². The molecule has 6 nitrogen and oxygen atoms in total. The number of halogens is 1. The lowest BCUT2D eigenvalue weighted by Crippen LogP contribution is -2.49. The van der Waals surface area contributed by atoms with Gasteiger partial charge in [0.05, 0.1) is 13.3 Å². The average molecular weight is 333 g/mol. The van der Waals surface area contributed by atoms with Crippen molar-refractivity contribution in [2.75, 3.05) is 38.2 Å². The van der Waals surface area contributed by atoms with Gasteiger partial charge < -0.3 is 14.5 Å². The van der Waals surface area contributed by atoms with Crippen LogP contribution in [0.5, 0.6) is 5.75 Å². The Bertz CT molecular complexity index is 685. The van der Waals surface area contributed by atoms with E-state index in [-0.39, 0.29) is 5.91 Å². The van der Waals surface area contributed by atoms with Gasteiger partial charge in [-0.15, -0.1) is 0 Å². The van der Waals surface area contributed by atoms with Crippen molar-refractivity contribution < 1.29 is 9.53 Å². The highest BCUT2D eigenvalue weighted by atomic mass is 35.5. The molecule has 1 aromatic heterocycles. The van der Waals surface area contributed by atoms with E-state index in [0.29, 0.717) is 36.8 Å². The van der Waals surface area contributed by atoms with Crippen molar-refractivity contribution in [2.24, 2.45) is 0 Å². The van der Waals surface area contributed by atoms with Crippen LogP contribution in [0.2, 0.25) is 5.02 Å². The first kappa shape index (κ1) is 15.6. The van der Waals surface area contributed by atoms with Gasteiger partial charge in [-0.1, -0.05) is 11.6 Å². The first-order valence-electron chi connectivity index (χ1n) is 7.33. The molecule has 2 aromatic rings. The second kappa shape index (κ2) is 6.83. The Balaban J connectivity index is 1.64. The molecule has 0 aliphatic carbocycles. The Labute approximate surface area is 139 Å². The number of aromatic nitrogens is 2. The van der Waals surface area contributed by atoms with E-state index in [1.807, 2.05) is 4.90 Å². The van der Waals surface area contributed by atoms with E-state index in [4.69, 9.17) is 16.3 Å². The molecule has 0 saturated carbocycles. The fourth-order valence-corrected chi connectivity index (χ4v) is 2.80. The standard InChI is InChI=1S/C16H17ClN4O2/c1-23-13-4-2-12(3-5-13)16(22)21-8-6-20(7-9-21)15-14(17)10-18-11-19-15/h2-5,10-11H,6-9H2,1H3. The molecule has 0 spiro atoms. The monoisotopic (exact) mass is 332 g/mol. The summed E-state index contributed by atoms with van der Waals surface area (Å²) in [6, 6.07) is 7.16. The van der Waals surface area contributed by atoms with Crippen LogP contribution < -0.4 is 9.64 Å². The van der Waals surface area contributed by atoms with Crippen molar-refractivity contribution in [3.05, 3.63) is 47.4 Å². The Morgan fingerprint density at radius 3 is 2.48 bits per heavy atom. The quantitative estimate of drug-likeness (QED) is 0.861. The van der Waals surface area contributed by atoms with Gasteiger partial charge in [0.15, 0.2) is 5.82 Å². The van der Waals surface area contributed by atoms with E-state index in [9.17, 15) is 4.79 Å². The Kier molecular flexibility index (Phi) is 4.62. The third kappa shape index (κ3) is 3.37. The molecule has 1 aromatic carbocycles. The molecule has 1 saturated heterocycles. The predicted molar refractivity (Wildman–Crippen MR) is 88.2 cm³/mol. The topological polar surface area (TPSA) is 58.6 Å². The molecule has 1 aliphatic rings. The number of carbonyl (C=O) groups excluding carboxylic acids is 1. The number of anilines is 1. The van der Waals surface area contributed by atoms with E-state index in [1.54, 1.807) is 37.6 Å². The van der Waals surface area contributed by atoms with Gasteiger partial charge in [-0.25, -0.2) is 9.97 Å². The number of nitrogens with zero attached hydrogens (tertiary/aromatic N) is 4. The number of rotatable bonds is 3. The number of piperazine rings is 1. The maximum Gasteiger partial charge on any atom is 0.253 e. The fraction of sp³-hybridized carbons (Fsp3) is 0.312. The van der Waals surface area contributed by atoms with Crippen molar-refractivity contribution in [3.8, 4) is 5.75 Å². The van der Waals surface area contributed by atoms with Crippen molar-refractivity contribution in [1.29, 1.82) is 0 Å². The number of carbonyl (C=O) groups is 1. The zero-order chi connectivity index (χ0) is 16.2. The molecule has 0 N–H and O–H groups in total. The van der Waals surface area contributed by atoms with Gasteiger partial charge in [0.2, 0.25) is 0 Å². The van der Waals surface area contributed by atoms with Crippen LogP contribution in [-0.2, 0) is 0 Å². The summed E-state index contributed by atoms with van der Waals surface area (Å²) in [4.78, 5) is 24.5. The molecular formula is C16H17ClN4O2. The Morgan fingerprint density at radius 2 is 1.87 bits per heavy atom. The van der Waals surface area contributed by atoms with Crippen LogP contribution in [0.25, 0.3) is 0 Å². The number of ether oxygens (including phenoxy) is 1. The number of hydrogen-bond donors (Lipinski definition) is 0. The summed E-state index contributed by atoms with van der Waals surface area (Å²) in [6.07, 6.45) is 3.06. The number of amides is 1. The van der Waals surface area contributed by atoms with Gasteiger partial charge in [0, 0.05) is 31.7 Å². The highest BCUT2D eigenvalue weighted by Gasteiger charge is 2.23. The first-order chi connectivity index (χ1) is 11.2. The smallest absolute Gasteiger partial charge is 0.253 e. The molecule has 0 bridgehead atoms. The minimum absolute atomic E-state index is 0.0288. The van der Waals surface area contributed by atoms with Crippen LogP contribution >= 0.6 is 11.6 Å². The van der Waals surface area contributed by atoms with Crippen molar-refractivity contribution in [2.45, 2.75) is 0 Å². The average Bonchev–Trinajstić information content (AvgIpc) is 2.62. The van der Waals surface area contributed by atoms with Gasteiger partial charge in [-0.2, -0.15) is 0 Å². The zero-order valence-electron chi connectivity index (χ0n) is 12.8. The molecule has 120 valence electrons. The fourth-order valence-electron chi connectivity index (χ4n) is 2.58. The summed E-state index contributed by atoms with van der Waals surface area (Å²) in [5.41, 5.74) is 0.666. The van der Waals surface area contributed by atoms with Crippen LogP contribution in [0, 0.1) is 0 Å². The number of hydrogen-bond acceptors (Lipinski definition) is 5. The lowest BCUT2D eigenvalue weighted by Gasteiger charge is -2.35. The van der Waals surface area contributed by atoms with E-state index < -0.39 is 0 Å². The van der Waals surface area contributed by atoms with Gasteiger partial charge in [-0.05, 0) is 24.3 Å². The second-order valence-electron chi connectivity index (χ2n) is 5.20. The Hall–Kier alpha value is -2.34. The molecule has 23 heavy (non-hydrogen) atoms. The summed E-state index contributed by atoms with van der Waals surface area (Å²) >= 11 is 6.12. The zero-order valence-corrected chi connectivity index (χ0v) is 13.5. The minimum Gasteiger partial charge on any atom is -0.497 e. The minimum atomic E-state index is 0.0288. The molecule has 0 unspecified atom stereocenters. The largest absolute Gasteiger partial charge is 0.497 e. The molecule has 0 atom stereocenters. The van der Waals surface area contributed by atoms with Gasteiger partial charge in [0.25, 0.3) is 5.91 Å². The van der Waals surface area contributed by atoms with Gasteiger partial charge >= 0.3 is 0 Å². The van der Waals surface area contributed by atoms with Crippen LogP contribution in [0.1, 0.15) is 10.4 Å². The van der Waals surface area contributed by atoms with Crippen molar-refractivity contribution in [3.63, 3.8) is 0 Å². The SMILES string of the molecule is COc1ccc(C(=O)N2CCN(c3ncncc3Cl)CC2)cc1. The van der Waals surface area contributed by atoms with Crippen LogP contribution in [0.3, 0.4) is 0 Å². The first-order valence-corrected chi connectivity index (χ1v) is 7.70. The van der Waals surface area contributed by atoms with E-state index >= 15 is 0 Å². The molecule has 1 aliphatic heterocycles. The van der Waals surface area contributed by atoms with Gasteiger partial charge in [0.1, 0.15) is 17.1 Å². The summed E-state index contributed by atoms with van der Waals surface area (Å²) in [5, 5.41) is 0.530. The molecule has 0 radical (unpaired) electrons. The van der Waals surface area contributed by atoms with Crippen LogP contribution in [0.4, 0.5) is 5.82 Å². The molecular weight excluding hydrogens is 316 g/mol. The molecule has 1 amide bonds. The van der Waals surface area contributed by atoms with Gasteiger partial charge in [-0.3, -0.25) is 4.79 Å². The predicted octanol–water partition coefficient (Wildman–Crippen LogP) is 2.10. The maximum atomic E-state index is 12.5. The molecule has 3 rings (SSSR count).